The number of hydrogen-bond acceptors (Lipinski definition) is 3. The van der Waals surface area contributed by atoms with Crippen molar-refractivity contribution < 1.29 is 9.13 Å². The summed E-state index contributed by atoms with van der Waals surface area (Å²) in [6.45, 7) is 2.20. The summed E-state index contributed by atoms with van der Waals surface area (Å²) in [7, 11) is 0. The number of hydrogen-bond donors (Lipinski definition) is 1. The third kappa shape index (κ3) is 2.71. The fourth-order valence-electron chi connectivity index (χ4n) is 2.19. The van der Waals surface area contributed by atoms with Crippen LogP contribution in [0.25, 0.3) is 10.9 Å². The maximum atomic E-state index is 13.4. The van der Waals surface area contributed by atoms with Gasteiger partial charge >= 0.3 is 0 Å². The molecule has 21 heavy (non-hydrogen) atoms. The molecule has 0 fully saturated rings. The summed E-state index contributed by atoms with van der Waals surface area (Å²) < 4.78 is 19.3. The number of benzene rings is 2. The van der Waals surface area contributed by atoms with Crippen molar-refractivity contribution in [2.75, 3.05) is 0 Å². The summed E-state index contributed by atoms with van der Waals surface area (Å²) >= 11 is 0. The number of aryl methyl sites for hydroxylation is 1. The fourth-order valence-corrected chi connectivity index (χ4v) is 2.19. The highest BCUT2D eigenvalue weighted by Gasteiger charge is 2.09. The van der Waals surface area contributed by atoms with Crippen LogP contribution >= 0.6 is 0 Å². The Labute approximate surface area is 122 Å². The molecule has 4 heteroatoms. The standard InChI is InChI=1S/C17H15FN2O/c1-11-6-7-12(18)8-16(11)21-17-9-13(10-19)20-15-5-3-2-4-14(15)17/h2-9H,10,19H2,1H3. The predicted octanol–water partition coefficient (Wildman–Crippen LogP) is 3.93. The minimum Gasteiger partial charge on any atom is -0.456 e. The second-order valence-corrected chi connectivity index (χ2v) is 4.84. The lowest BCUT2D eigenvalue weighted by Crippen LogP contribution is -2.01. The van der Waals surface area contributed by atoms with E-state index >= 15 is 0 Å². The molecule has 3 nitrogen and oxygen atoms in total. The Bertz CT molecular complexity index is 802. The summed E-state index contributed by atoms with van der Waals surface area (Å²) in [5.41, 5.74) is 8.09. The molecule has 0 radical (unpaired) electrons. The zero-order valence-electron chi connectivity index (χ0n) is 11.6. The molecule has 106 valence electrons. The van der Waals surface area contributed by atoms with Crippen LogP contribution in [0.3, 0.4) is 0 Å². The Balaban J connectivity index is 2.13. The van der Waals surface area contributed by atoms with Crippen molar-refractivity contribution in [1.82, 2.24) is 4.98 Å². The molecule has 0 spiro atoms. The van der Waals surface area contributed by atoms with Gasteiger partial charge in [-0.1, -0.05) is 18.2 Å². The Morgan fingerprint density at radius 2 is 1.90 bits per heavy atom. The van der Waals surface area contributed by atoms with E-state index in [0.29, 0.717) is 18.0 Å². The van der Waals surface area contributed by atoms with Gasteiger partial charge in [-0.05, 0) is 30.7 Å². The van der Waals surface area contributed by atoms with Crippen LogP contribution in [0, 0.1) is 12.7 Å². The molecule has 0 saturated carbocycles. The van der Waals surface area contributed by atoms with E-state index in [-0.39, 0.29) is 5.82 Å². The molecular formula is C17H15FN2O. The van der Waals surface area contributed by atoms with E-state index in [1.165, 1.54) is 12.1 Å². The van der Waals surface area contributed by atoms with Crippen LogP contribution in [0.4, 0.5) is 4.39 Å². The summed E-state index contributed by atoms with van der Waals surface area (Å²) in [4.78, 5) is 4.46. The number of para-hydroxylation sites is 1. The molecule has 0 saturated heterocycles. The molecule has 0 amide bonds. The maximum Gasteiger partial charge on any atom is 0.138 e. The van der Waals surface area contributed by atoms with Crippen LogP contribution in [0.1, 0.15) is 11.3 Å². The minimum absolute atomic E-state index is 0.323. The predicted molar refractivity (Wildman–Crippen MR) is 80.8 cm³/mol. The maximum absolute atomic E-state index is 13.4. The van der Waals surface area contributed by atoms with Crippen LogP contribution in [0.5, 0.6) is 11.5 Å². The van der Waals surface area contributed by atoms with E-state index in [1.807, 2.05) is 31.2 Å². The second-order valence-electron chi connectivity index (χ2n) is 4.84. The fraction of sp³-hybridized carbons (Fsp3) is 0.118. The monoisotopic (exact) mass is 282 g/mol. The zero-order valence-corrected chi connectivity index (χ0v) is 11.6. The number of nitrogens with two attached hydrogens (primary N) is 1. The third-order valence-electron chi connectivity index (χ3n) is 3.31. The summed E-state index contributed by atoms with van der Waals surface area (Å²) in [6.07, 6.45) is 0. The Hall–Kier alpha value is -2.46. The highest BCUT2D eigenvalue weighted by molar-refractivity contribution is 5.85. The molecule has 2 aromatic carbocycles. The van der Waals surface area contributed by atoms with Crippen molar-refractivity contribution >= 4 is 10.9 Å². The van der Waals surface area contributed by atoms with Gasteiger partial charge in [0.15, 0.2) is 0 Å². The van der Waals surface area contributed by atoms with Crippen LogP contribution < -0.4 is 10.5 Å². The largest absolute Gasteiger partial charge is 0.456 e. The molecule has 0 atom stereocenters. The van der Waals surface area contributed by atoms with Crippen molar-refractivity contribution in [2.45, 2.75) is 13.5 Å². The third-order valence-corrected chi connectivity index (χ3v) is 3.31. The summed E-state index contributed by atoms with van der Waals surface area (Å²) in [6, 6.07) is 13.9. The average molecular weight is 282 g/mol. The number of ether oxygens (including phenoxy) is 1. The highest BCUT2D eigenvalue weighted by Crippen LogP contribution is 2.31. The van der Waals surface area contributed by atoms with Gasteiger partial charge in [0.2, 0.25) is 0 Å². The van der Waals surface area contributed by atoms with Gasteiger partial charge in [-0.3, -0.25) is 4.98 Å². The van der Waals surface area contributed by atoms with Gasteiger partial charge in [0, 0.05) is 24.1 Å². The SMILES string of the molecule is Cc1ccc(F)cc1Oc1cc(CN)nc2ccccc12. The second kappa shape index (κ2) is 5.50. The topological polar surface area (TPSA) is 48.1 Å². The molecule has 0 unspecified atom stereocenters. The van der Waals surface area contributed by atoms with Gasteiger partial charge < -0.3 is 10.5 Å². The lowest BCUT2D eigenvalue weighted by Gasteiger charge is -2.12. The number of fused-ring (bicyclic) bond motifs is 1. The van der Waals surface area contributed by atoms with Crippen molar-refractivity contribution in [3.63, 3.8) is 0 Å². The lowest BCUT2D eigenvalue weighted by molar-refractivity contribution is 0.477. The number of nitrogens with zero attached hydrogens (tertiary/aromatic N) is 1. The van der Waals surface area contributed by atoms with Crippen molar-refractivity contribution in [2.24, 2.45) is 5.73 Å². The summed E-state index contributed by atoms with van der Waals surface area (Å²) in [5, 5.41) is 0.873. The first-order chi connectivity index (χ1) is 10.2. The number of rotatable bonds is 3. The van der Waals surface area contributed by atoms with Crippen molar-refractivity contribution in [3.8, 4) is 11.5 Å². The van der Waals surface area contributed by atoms with Gasteiger partial charge in [0.1, 0.15) is 17.3 Å². The quantitative estimate of drug-likeness (QED) is 0.791. The molecule has 3 rings (SSSR count). The molecule has 0 aliphatic carbocycles. The first-order valence-corrected chi connectivity index (χ1v) is 6.70. The van der Waals surface area contributed by atoms with Gasteiger partial charge in [-0.15, -0.1) is 0 Å². The first kappa shape index (κ1) is 13.5. The molecular weight excluding hydrogens is 267 g/mol. The van der Waals surface area contributed by atoms with Crippen LogP contribution in [0.2, 0.25) is 0 Å². The highest BCUT2D eigenvalue weighted by atomic mass is 19.1. The van der Waals surface area contributed by atoms with Crippen LogP contribution in [0.15, 0.2) is 48.5 Å². The van der Waals surface area contributed by atoms with E-state index in [9.17, 15) is 4.39 Å². The van der Waals surface area contributed by atoms with Gasteiger partial charge in [0.05, 0.1) is 11.2 Å². The van der Waals surface area contributed by atoms with Crippen LogP contribution in [-0.2, 0) is 6.54 Å². The Kier molecular flexibility index (Phi) is 3.54. The first-order valence-electron chi connectivity index (χ1n) is 6.70. The number of pyridine rings is 1. The van der Waals surface area contributed by atoms with Gasteiger partial charge in [0.25, 0.3) is 0 Å². The van der Waals surface area contributed by atoms with E-state index in [4.69, 9.17) is 10.5 Å². The zero-order chi connectivity index (χ0) is 14.8. The normalized spacial score (nSPS) is 10.8. The van der Waals surface area contributed by atoms with Crippen molar-refractivity contribution in [1.29, 1.82) is 0 Å². The van der Waals surface area contributed by atoms with Crippen LogP contribution in [-0.4, -0.2) is 4.98 Å². The van der Waals surface area contributed by atoms with E-state index < -0.39 is 0 Å². The van der Waals surface area contributed by atoms with Gasteiger partial charge in [-0.25, -0.2) is 4.39 Å². The molecule has 2 N–H and O–H groups in total. The van der Waals surface area contributed by atoms with E-state index in [2.05, 4.69) is 4.98 Å². The van der Waals surface area contributed by atoms with E-state index in [1.54, 1.807) is 12.1 Å². The average Bonchev–Trinajstić information content (AvgIpc) is 2.50. The number of aromatic nitrogens is 1. The summed E-state index contributed by atoms with van der Waals surface area (Å²) in [5.74, 6) is 0.803. The molecule has 1 aromatic heterocycles. The smallest absolute Gasteiger partial charge is 0.138 e. The molecule has 0 aliphatic heterocycles. The van der Waals surface area contributed by atoms with Gasteiger partial charge in [-0.2, -0.15) is 0 Å². The molecule has 3 aromatic rings. The van der Waals surface area contributed by atoms with E-state index in [0.717, 1.165) is 22.2 Å². The Morgan fingerprint density at radius 3 is 2.71 bits per heavy atom. The molecule has 0 bridgehead atoms. The molecule has 1 heterocycles. The number of halogens is 1. The Morgan fingerprint density at radius 1 is 1.10 bits per heavy atom. The lowest BCUT2D eigenvalue weighted by atomic mass is 10.1. The van der Waals surface area contributed by atoms with Crippen molar-refractivity contribution in [3.05, 3.63) is 65.6 Å². The minimum atomic E-state index is -0.326. The molecule has 0 aliphatic rings.